The molecule has 0 saturated heterocycles. The third-order valence-corrected chi connectivity index (χ3v) is 7.51. The summed E-state index contributed by atoms with van der Waals surface area (Å²) in [7, 11) is 0. The van der Waals surface area contributed by atoms with Crippen LogP contribution in [-0.2, 0) is 28.9 Å². The van der Waals surface area contributed by atoms with Crippen LogP contribution in [0.1, 0.15) is 75.2 Å². The van der Waals surface area contributed by atoms with E-state index in [0.29, 0.717) is 31.8 Å². The van der Waals surface area contributed by atoms with E-state index in [1.165, 1.54) is 0 Å². The molecule has 204 valence electrons. The zero-order valence-electron chi connectivity index (χ0n) is 22.7. The Morgan fingerprint density at radius 3 is 2.59 bits per heavy atom. The highest BCUT2D eigenvalue weighted by molar-refractivity contribution is 5.80. The van der Waals surface area contributed by atoms with Crippen LogP contribution in [0, 0.1) is 0 Å². The molecule has 0 spiro atoms. The third-order valence-electron chi connectivity index (χ3n) is 7.51. The first-order chi connectivity index (χ1) is 19.1. The third kappa shape index (κ3) is 5.72. The Hall–Kier alpha value is -4.01. The predicted molar refractivity (Wildman–Crippen MR) is 149 cm³/mol. The molecule has 0 saturated carbocycles. The predicted octanol–water partition coefficient (Wildman–Crippen LogP) is 5.11. The van der Waals surface area contributed by atoms with Crippen LogP contribution in [0.4, 0.5) is 0 Å². The van der Waals surface area contributed by atoms with E-state index in [1.54, 1.807) is 0 Å². The number of ether oxygens (including phenoxy) is 1. The Bertz CT molecular complexity index is 1450. The zero-order chi connectivity index (χ0) is 27.2. The number of tetrazole rings is 1. The molecule has 0 aliphatic carbocycles. The van der Waals surface area contributed by atoms with Crippen LogP contribution in [0.5, 0.6) is 0 Å². The van der Waals surface area contributed by atoms with E-state index in [2.05, 4.69) is 56.5 Å². The Kier molecular flexibility index (Phi) is 8.34. The highest BCUT2D eigenvalue weighted by atomic mass is 16.5. The second kappa shape index (κ2) is 12.2. The Morgan fingerprint density at radius 2 is 1.87 bits per heavy atom. The van der Waals surface area contributed by atoms with E-state index in [1.807, 2.05) is 35.9 Å². The zero-order valence-corrected chi connectivity index (χ0v) is 22.7. The van der Waals surface area contributed by atoms with E-state index in [-0.39, 0.29) is 17.6 Å². The molecule has 0 bridgehead atoms. The fourth-order valence-corrected chi connectivity index (χ4v) is 5.69. The van der Waals surface area contributed by atoms with Gasteiger partial charge in [0.15, 0.2) is 0 Å². The number of benzene rings is 2. The van der Waals surface area contributed by atoms with Crippen molar-refractivity contribution in [2.45, 2.75) is 77.8 Å². The van der Waals surface area contributed by atoms with E-state index < -0.39 is 0 Å². The minimum atomic E-state index is -0.199. The van der Waals surface area contributed by atoms with Crippen LogP contribution in [0.15, 0.2) is 53.3 Å². The van der Waals surface area contributed by atoms with Gasteiger partial charge in [-0.25, -0.2) is 4.68 Å². The monoisotopic (exact) mass is 528 g/mol. The molecule has 1 unspecified atom stereocenters. The summed E-state index contributed by atoms with van der Waals surface area (Å²) in [5.41, 5.74) is 6.05. The van der Waals surface area contributed by atoms with Crippen molar-refractivity contribution in [2.24, 2.45) is 0 Å². The number of hydrogen-bond acceptors (Lipinski definition) is 6. The number of hydrogen-bond donors (Lipinski definition) is 1. The van der Waals surface area contributed by atoms with Crippen LogP contribution >= 0.6 is 0 Å². The summed E-state index contributed by atoms with van der Waals surface area (Å²) in [6.07, 6.45) is 6.70. The second-order valence-electron chi connectivity index (χ2n) is 10.1. The van der Waals surface area contributed by atoms with Gasteiger partial charge in [0.25, 0.3) is 5.56 Å². The van der Waals surface area contributed by atoms with E-state index in [4.69, 9.17) is 4.74 Å². The molecule has 1 aliphatic rings. The van der Waals surface area contributed by atoms with Crippen molar-refractivity contribution in [3.8, 4) is 22.5 Å². The van der Waals surface area contributed by atoms with Crippen LogP contribution in [0.25, 0.3) is 22.5 Å². The van der Waals surface area contributed by atoms with Crippen LogP contribution in [0.2, 0.25) is 0 Å². The molecule has 39 heavy (non-hydrogen) atoms. The highest BCUT2D eigenvalue weighted by Gasteiger charge is 2.29. The largest absolute Gasteiger partial charge is 0.466 e. The molecule has 1 aliphatic heterocycles. The summed E-state index contributed by atoms with van der Waals surface area (Å²) < 4.78 is 9.27. The standard InChI is InChI=1S/C30H36N6O3/c1-3-5-6-13-27-26(30(38)35-18-9-10-23(36(27)35)20-28(37)39-4-2)19-21-14-16-22(17-15-21)24-11-7-8-12-25(24)29-31-33-34-32-29/h7-8,11-12,14-17,23H,3-6,9-10,13,18-20H2,1-2H3,(H,31,32,33,34). The van der Waals surface area contributed by atoms with Gasteiger partial charge in [0.05, 0.1) is 19.1 Å². The number of H-pyrrole nitrogens is 1. The van der Waals surface area contributed by atoms with E-state index in [9.17, 15) is 9.59 Å². The molecule has 9 heteroatoms. The van der Waals surface area contributed by atoms with Crippen molar-refractivity contribution in [1.29, 1.82) is 0 Å². The van der Waals surface area contributed by atoms with Crippen molar-refractivity contribution in [3.63, 3.8) is 0 Å². The van der Waals surface area contributed by atoms with Crippen molar-refractivity contribution < 1.29 is 9.53 Å². The van der Waals surface area contributed by atoms with Gasteiger partial charge >= 0.3 is 5.97 Å². The Balaban J connectivity index is 1.46. The molecule has 2 aromatic heterocycles. The van der Waals surface area contributed by atoms with Gasteiger partial charge in [-0.3, -0.25) is 14.3 Å². The Labute approximate surface area is 228 Å². The second-order valence-corrected chi connectivity index (χ2v) is 10.1. The molecule has 0 amide bonds. The van der Waals surface area contributed by atoms with E-state index >= 15 is 0 Å². The lowest BCUT2D eigenvalue weighted by molar-refractivity contribution is -0.144. The summed E-state index contributed by atoms with van der Waals surface area (Å²) in [5, 5.41) is 14.5. The van der Waals surface area contributed by atoms with Gasteiger partial charge in [0, 0.05) is 29.8 Å². The molecule has 5 rings (SSSR count). The van der Waals surface area contributed by atoms with Crippen molar-refractivity contribution >= 4 is 5.97 Å². The maximum atomic E-state index is 13.7. The van der Waals surface area contributed by atoms with E-state index in [0.717, 1.165) is 72.0 Å². The summed E-state index contributed by atoms with van der Waals surface area (Å²) in [6.45, 7) is 5.07. The minimum absolute atomic E-state index is 0.0418. The summed E-state index contributed by atoms with van der Waals surface area (Å²) >= 11 is 0. The quantitative estimate of drug-likeness (QED) is 0.214. The van der Waals surface area contributed by atoms with Crippen molar-refractivity contribution in [1.82, 2.24) is 30.0 Å². The first-order valence-corrected chi connectivity index (χ1v) is 14.0. The summed E-state index contributed by atoms with van der Waals surface area (Å²) in [6, 6.07) is 16.3. The highest BCUT2D eigenvalue weighted by Crippen LogP contribution is 2.31. The van der Waals surface area contributed by atoms with Crippen LogP contribution in [0.3, 0.4) is 0 Å². The normalized spacial score (nSPS) is 14.8. The number of carbonyl (C=O) groups is 1. The lowest BCUT2D eigenvalue weighted by atomic mass is 9.96. The molecular weight excluding hydrogens is 492 g/mol. The smallest absolute Gasteiger partial charge is 0.307 e. The number of fused-ring (bicyclic) bond motifs is 1. The number of aromatic amines is 1. The number of rotatable bonds is 11. The fraction of sp³-hybridized carbons (Fsp3) is 0.433. The number of nitrogens with one attached hydrogen (secondary N) is 1. The molecule has 1 atom stereocenters. The number of aromatic nitrogens is 6. The Morgan fingerprint density at radius 1 is 1.08 bits per heavy atom. The first-order valence-electron chi connectivity index (χ1n) is 14.0. The fourth-order valence-electron chi connectivity index (χ4n) is 5.69. The van der Waals surface area contributed by atoms with Crippen LogP contribution < -0.4 is 5.56 Å². The maximum Gasteiger partial charge on any atom is 0.307 e. The molecular formula is C30H36N6O3. The summed E-state index contributed by atoms with van der Waals surface area (Å²) in [5.74, 6) is 0.353. The van der Waals surface area contributed by atoms with Crippen LogP contribution in [-0.4, -0.2) is 42.6 Å². The van der Waals surface area contributed by atoms with Gasteiger partial charge in [0.2, 0.25) is 5.82 Å². The van der Waals surface area contributed by atoms with Crippen molar-refractivity contribution in [3.05, 3.63) is 75.7 Å². The van der Waals surface area contributed by atoms with Gasteiger partial charge in [-0.15, -0.1) is 10.2 Å². The molecule has 0 radical (unpaired) electrons. The van der Waals surface area contributed by atoms with Gasteiger partial charge in [-0.05, 0) is 54.5 Å². The maximum absolute atomic E-state index is 13.7. The molecule has 1 N–H and O–H groups in total. The summed E-state index contributed by atoms with van der Waals surface area (Å²) in [4.78, 5) is 26.1. The van der Waals surface area contributed by atoms with Gasteiger partial charge < -0.3 is 4.74 Å². The number of unbranched alkanes of at least 4 members (excludes halogenated alkanes) is 2. The number of esters is 1. The average Bonchev–Trinajstić information content (AvgIpc) is 3.58. The SMILES string of the molecule is CCCCCc1c(Cc2ccc(-c3ccccc3-c3nn[nH]n3)cc2)c(=O)n2n1C(CC(=O)OCC)CCC2. The molecule has 0 fully saturated rings. The van der Waals surface area contributed by atoms with Crippen molar-refractivity contribution in [2.75, 3.05) is 6.61 Å². The molecule has 4 aromatic rings. The topological polar surface area (TPSA) is 108 Å². The molecule has 9 nitrogen and oxygen atoms in total. The molecule has 3 heterocycles. The minimum Gasteiger partial charge on any atom is -0.466 e. The first kappa shape index (κ1) is 26.6. The van der Waals surface area contributed by atoms with Gasteiger partial charge in [-0.2, -0.15) is 5.21 Å². The number of nitrogens with zero attached hydrogens (tertiary/aromatic N) is 5. The molecule has 2 aromatic carbocycles. The lowest BCUT2D eigenvalue weighted by Crippen LogP contribution is -2.32. The average molecular weight is 529 g/mol. The number of carbonyl (C=O) groups excluding carboxylic acids is 1. The lowest BCUT2D eigenvalue weighted by Gasteiger charge is -2.28. The van der Waals surface area contributed by atoms with Gasteiger partial charge in [-0.1, -0.05) is 68.3 Å². The van der Waals surface area contributed by atoms with Gasteiger partial charge in [0.1, 0.15) is 0 Å².